The maximum absolute atomic E-state index is 13.1. The van der Waals surface area contributed by atoms with Gasteiger partial charge in [0.1, 0.15) is 11.5 Å². The van der Waals surface area contributed by atoms with Crippen LogP contribution >= 0.6 is 11.8 Å². The van der Waals surface area contributed by atoms with Crippen LogP contribution in [0.4, 0.5) is 17.6 Å². The molecule has 0 aliphatic rings. The number of alkyl halides is 3. The van der Waals surface area contributed by atoms with Crippen molar-refractivity contribution in [1.82, 2.24) is 9.97 Å². The molecule has 0 atom stereocenters. The van der Waals surface area contributed by atoms with Gasteiger partial charge < -0.3 is 0 Å². The van der Waals surface area contributed by atoms with E-state index in [0.717, 1.165) is 23.4 Å². The molecule has 0 N–H and O–H groups in total. The lowest BCUT2D eigenvalue weighted by Gasteiger charge is -2.10. The molecule has 0 spiro atoms. The highest BCUT2D eigenvalue weighted by Crippen LogP contribution is 2.32. The van der Waals surface area contributed by atoms with Crippen LogP contribution in [-0.2, 0) is 11.9 Å². The molecule has 0 aliphatic heterocycles. The first-order valence-electron chi connectivity index (χ1n) is 7.31. The summed E-state index contributed by atoms with van der Waals surface area (Å²) in [5.41, 5.74) is 0.584. The molecule has 7 heteroatoms. The zero-order chi connectivity index (χ0) is 17.9. The molecule has 1 heterocycles. The molecule has 0 radical (unpaired) electrons. The van der Waals surface area contributed by atoms with E-state index in [2.05, 4.69) is 9.97 Å². The van der Waals surface area contributed by atoms with Gasteiger partial charge in [-0.2, -0.15) is 13.2 Å². The van der Waals surface area contributed by atoms with Crippen LogP contribution in [0.15, 0.2) is 65.8 Å². The molecule has 25 heavy (non-hydrogen) atoms. The Morgan fingerprint density at radius 3 is 2.20 bits per heavy atom. The summed E-state index contributed by atoms with van der Waals surface area (Å²) in [5.74, 6) is -0.0223. The van der Waals surface area contributed by atoms with Crippen LogP contribution in [0, 0.1) is 5.82 Å². The minimum Gasteiger partial charge on any atom is -0.222 e. The molecule has 3 rings (SSSR count). The minimum absolute atomic E-state index is 0.0259. The molecule has 0 fully saturated rings. The second-order valence-corrected chi connectivity index (χ2v) is 6.14. The van der Waals surface area contributed by atoms with E-state index < -0.39 is 11.9 Å². The number of nitrogens with zero attached hydrogens (tertiary/aromatic N) is 2. The largest absolute Gasteiger partial charge is 0.433 e. The summed E-state index contributed by atoms with van der Waals surface area (Å²) in [7, 11) is 0. The molecular weight excluding hydrogens is 352 g/mol. The molecule has 0 amide bonds. The second-order valence-electron chi connectivity index (χ2n) is 5.20. The highest BCUT2D eigenvalue weighted by atomic mass is 32.2. The van der Waals surface area contributed by atoms with Crippen molar-refractivity contribution in [3.63, 3.8) is 0 Å². The van der Waals surface area contributed by atoms with Crippen molar-refractivity contribution in [2.45, 2.75) is 17.1 Å². The first-order chi connectivity index (χ1) is 11.9. The van der Waals surface area contributed by atoms with Gasteiger partial charge in [0, 0.05) is 11.3 Å². The van der Waals surface area contributed by atoms with Crippen molar-refractivity contribution in [2.75, 3.05) is 0 Å². The summed E-state index contributed by atoms with van der Waals surface area (Å²) < 4.78 is 52.3. The SMILES string of the molecule is Fc1ccc(CSc2nc(-c3ccccc3)cc(C(F)(F)F)n2)cc1. The Kier molecular flexibility index (Phi) is 5.03. The zero-order valence-electron chi connectivity index (χ0n) is 12.8. The van der Waals surface area contributed by atoms with E-state index in [1.807, 2.05) is 0 Å². The molecule has 0 saturated carbocycles. The van der Waals surface area contributed by atoms with Gasteiger partial charge in [0.2, 0.25) is 0 Å². The Labute approximate surface area is 146 Å². The molecule has 128 valence electrons. The number of rotatable bonds is 4. The quantitative estimate of drug-likeness (QED) is 0.343. The van der Waals surface area contributed by atoms with Gasteiger partial charge in [0.25, 0.3) is 0 Å². The summed E-state index contributed by atoms with van der Waals surface area (Å²) in [6.07, 6.45) is -4.56. The maximum Gasteiger partial charge on any atom is 0.433 e. The summed E-state index contributed by atoms with van der Waals surface area (Å²) in [5, 5.41) is 0.0259. The van der Waals surface area contributed by atoms with Gasteiger partial charge in [0.05, 0.1) is 5.69 Å². The Hall–Kier alpha value is -2.41. The highest BCUT2D eigenvalue weighted by Gasteiger charge is 2.33. The first-order valence-corrected chi connectivity index (χ1v) is 8.29. The molecule has 0 unspecified atom stereocenters. The van der Waals surface area contributed by atoms with Crippen LogP contribution in [0.25, 0.3) is 11.3 Å². The summed E-state index contributed by atoms with van der Waals surface area (Å²) in [4.78, 5) is 7.84. The fraction of sp³-hybridized carbons (Fsp3) is 0.111. The lowest BCUT2D eigenvalue weighted by molar-refractivity contribution is -0.141. The molecule has 1 aromatic heterocycles. The third-order valence-electron chi connectivity index (χ3n) is 3.35. The van der Waals surface area contributed by atoms with E-state index in [-0.39, 0.29) is 16.7 Å². The van der Waals surface area contributed by atoms with Gasteiger partial charge in [-0.3, -0.25) is 0 Å². The lowest BCUT2D eigenvalue weighted by atomic mass is 10.1. The van der Waals surface area contributed by atoms with Crippen LogP contribution in [0.5, 0.6) is 0 Å². The van der Waals surface area contributed by atoms with Crippen LogP contribution in [0.2, 0.25) is 0 Å². The maximum atomic E-state index is 13.1. The Bertz CT molecular complexity index is 849. The van der Waals surface area contributed by atoms with Gasteiger partial charge in [-0.1, -0.05) is 54.2 Å². The average Bonchev–Trinajstić information content (AvgIpc) is 2.61. The fourth-order valence-electron chi connectivity index (χ4n) is 2.12. The normalized spacial score (nSPS) is 11.5. The molecule has 3 aromatic rings. The van der Waals surface area contributed by atoms with E-state index in [1.165, 1.54) is 12.1 Å². The summed E-state index contributed by atoms with van der Waals surface area (Å²) in [6, 6.07) is 15.3. The first kappa shape index (κ1) is 17.4. The van der Waals surface area contributed by atoms with Crippen molar-refractivity contribution in [1.29, 1.82) is 0 Å². The zero-order valence-corrected chi connectivity index (χ0v) is 13.6. The van der Waals surface area contributed by atoms with Gasteiger partial charge >= 0.3 is 6.18 Å². The van der Waals surface area contributed by atoms with Crippen LogP contribution in [0.1, 0.15) is 11.3 Å². The van der Waals surface area contributed by atoms with E-state index in [0.29, 0.717) is 11.3 Å². The van der Waals surface area contributed by atoms with Crippen LogP contribution < -0.4 is 0 Å². The van der Waals surface area contributed by atoms with Crippen molar-refractivity contribution in [2.24, 2.45) is 0 Å². The van der Waals surface area contributed by atoms with Gasteiger partial charge in [-0.05, 0) is 23.8 Å². The third-order valence-corrected chi connectivity index (χ3v) is 4.27. The highest BCUT2D eigenvalue weighted by molar-refractivity contribution is 7.98. The molecule has 2 aromatic carbocycles. The smallest absolute Gasteiger partial charge is 0.222 e. The van der Waals surface area contributed by atoms with E-state index in [9.17, 15) is 17.6 Å². The van der Waals surface area contributed by atoms with Gasteiger partial charge in [-0.15, -0.1) is 0 Å². The Morgan fingerprint density at radius 2 is 1.56 bits per heavy atom. The lowest BCUT2D eigenvalue weighted by Crippen LogP contribution is -2.10. The number of hydrogen-bond acceptors (Lipinski definition) is 3. The van der Waals surface area contributed by atoms with Crippen LogP contribution in [0.3, 0.4) is 0 Å². The van der Waals surface area contributed by atoms with Gasteiger partial charge in [-0.25, -0.2) is 14.4 Å². The second kappa shape index (κ2) is 7.23. The Morgan fingerprint density at radius 1 is 0.880 bits per heavy atom. The topological polar surface area (TPSA) is 25.8 Å². The molecule has 2 nitrogen and oxygen atoms in total. The van der Waals surface area contributed by atoms with Crippen molar-refractivity contribution in [3.8, 4) is 11.3 Å². The van der Waals surface area contributed by atoms with E-state index in [1.54, 1.807) is 42.5 Å². The van der Waals surface area contributed by atoms with Crippen molar-refractivity contribution in [3.05, 3.63) is 77.7 Å². The number of thioether (sulfide) groups is 1. The van der Waals surface area contributed by atoms with Gasteiger partial charge in [0.15, 0.2) is 5.16 Å². The monoisotopic (exact) mass is 364 g/mol. The minimum atomic E-state index is -4.56. The standard InChI is InChI=1S/C18H12F4N2S/c19-14-8-6-12(7-9-14)11-25-17-23-15(13-4-2-1-3-5-13)10-16(24-17)18(20,21)22/h1-10H,11H2. The molecule has 0 saturated heterocycles. The predicted octanol–water partition coefficient (Wildman–Crippen LogP) is 5.59. The number of hydrogen-bond donors (Lipinski definition) is 0. The number of halogens is 4. The number of aromatic nitrogens is 2. The summed E-state index contributed by atoms with van der Waals surface area (Å²) in [6.45, 7) is 0. The number of benzene rings is 2. The van der Waals surface area contributed by atoms with E-state index >= 15 is 0 Å². The van der Waals surface area contributed by atoms with Crippen molar-refractivity contribution < 1.29 is 17.6 Å². The molecule has 0 aliphatic carbocycles. The predicted molar refractivity (Wildman–Crippen MR) is 88.4 cm³/mol. The molecule has 0 bridgehead atoms. The fourth-order valence-corrected chi connectivity index (χ4v) is 2.93. The van der Waals surface area contributed by atoms with Crippen molar-refractivity contribution >= 4 is 11.8 Å². The Balaban J connectivity index is 1.91. The van der Waals surface area contributed by atoms with E-state index in [4.69, 9.17) is 0 Å². The van der Waals surface area contributed by atoms with Crippen LogP contribution in [-0.4, -0.2) is 9.97 Å². The molecular formula is C18H12F4N2S. The summed E-state index contributed by atoms with van der Waals surface area (Å²) >= 11 is 1.07. The third kappa shape index (κ3) is 4.57. The average molecular weight is 364 g/mol.